The van der Waals surface area contributed by atoms with Crippen molar-refractivity contribution < 1.29 is 23.9 Å². The fourth-order valence-electron chi connectivity index (χ4n) is 2.07. The second-order valence-electron chi connectivity index (χ2n) is 5.59. The molecule has 2 heterocycles. The fraction of sp³-hybridized carbons (Fsp3) is 0.312. The molecule has 2 rings (SSSR count). The van der Waals surface area contributed by atoms with Gasteiger partial charge in [-0.2, -0.15) is 0 Å². The van der Waals surface area contributed by atoms with E-state index in [-0.39, 0.29) is 11.7 Å². The van der Waals surface area contributed by atoms with Crippen LogP contribution in [0.5, 0.6) is 0 Å². The molecule has 2 aromatic rings. The summed E-state index contributed by atoms with van der Waals surface area (Å²) < 4.78 is 5.01. The zero-order chi connectivity index (χ0) is 17.9. The number of furan rings is 1. The number of aryl methyl sites for hydroxylation is 1. The van der Waals surface area contributed by atoms with Crippen LogP contribution in [0.2, 0.25) is 0 Å². The van der Waals surface area contributed by atoms with Gasteiger partial charge in [-0.3, -0.25) is 9.59 Å². The molecular weight excluding hydrogens is 332 g/mol. The SMILES string of the molecule is Cc1cc(NC(=O)c2ccco2)sc1C(=O)N[C@H](C(=O)O)C(C)C. The summed E-state index contributed by atoms with van der Waals surface area (Å²) >= 11 is 1.08. The lowest BCUT2D eigenvalue weighted by Gasteiger charge is -2.17. The molecule has 2 aromatic heterocycles. The van der Waals surface area contributed by atoms with Gasteiger partial charge in [-0.1, -0.05) is 13.8 Å². The van der Waals surface area contributed by atoms with E-state index in [0.717, 1.165) is 11.3 Å². The van der Waals surface area contributed by atoms with Crippen LogP contribution in [0, 0.1) is 12.8 Å². The number of rotatable bonds is 6. The van der Waals surface area contributed by atoms with Crippen LogP contribution in [0.1, 0.15) is 39.6 Å². The van der Waals surface area contributed by atoms with Crippen LogP contribution < -0.4 is 10.6 Å². The summed E-state index contributed by atoms with van der Waals surface area (Å²) in [5.41, 5.74) is 0.653. The highest BCUT2D eigenvalue weighted by Gasteiger charge is 2.25. The topological polar surface area (TPSA) is 109 Å². The summed E-state index contributed by atoms with van der Waals surface area (Å²) in [7, 11) is 0. The molecule has 0 fully saturated rings. The molecule has 0 saturated carbocycles. The van der Waals surface area contributed by atoms with Crippen molar-refractivity contribution in [2.75, 3.05) is 5.32 Å². The Kier molecular flexibility index (Phi) is 5.40. The van der Waals surface area contributed by atoms with E-state index >= 15 is 0 Å². The predicted octanol–water partition coefficient (Wildman–Crippen LogP) is 2.74. The van der Waals surface area contributed by atoms with Crippen LogP contribution in [0.25, 0.3) is 0 Å². The van der Waals surface area contributed by atoms with Gasteiger partial charge in [0.25, 0.3) is 11.8 Å². The largest absolute Gasteiger partial charge is 0.480 e. The average Bonchev–Trinajstić information content (AvgIpc) is 3.13. The number of aliphatic carboxylic acids is 1. The smallest absolute Gasteiger partial charge is 0.326 e. The maximum absolute atomic E-state index is 12.3. The Morgan fingerprint density at radius 3 is 2.50 bits per heavy atom. The molecule has 0 saturated heterocycles. The van der Waals surface area contributed by atoms with Gasteiger partial charge in [0.2, 0.25) is 0 Å². The van der Waals surface area contributed by atoms with Crippen LogP contribution in [0.15, 0.2) is 28.9 Å². The van der Waals surface area contributed by atoms with Crippen molar-refractivity contribution in [2.24, 2.45) is 5.92 Å². The number of carbonyl (C=O) groups excluding carboxylic acids is 2. The summed E-state index contributed by atoms with van der Waals surface area (Å²) in [6.07, 6.45) is 1.39. The minimum Gasteiger partial charge on any atom is -0.480 e. The van der Waals surface area contributed by atoms with E-state index in [1.165, 1.54) is 12.3 Å². The minimum atomic E-state index is -1.08. The standard InChI is InChI=1S/C16H18N2O5S/c1-8(2)12(16(21)22)18-15(20)13-9(3)7-11(24-13)17-14(19)10-5-4-6-23-10/h4-8,12H,1-3H3,(H,17,19)(H,18,20)(H,21,22)/t12-/m0/s1. The zero-order valence-corrected chi connectivity index (χ0v) is 14.3. The van der Waals surface area contributed by atoms with Crippen LogP contribution in [0.4, 0.5) is 5.00 Å². The van der Waals surface area contributed by atoms with Crippen molar-refractivity contribution in [3.63, 3.8) is 0 Å². The van der Waals surface area contributed by atoms with E-state index in [9.17, 15) is 14.4 Å². The number of nitrogens with one attached hydrogen (secondary N) is 2. The number of thiophene rings is 1. The van der Waals surface area contributed by atoms with Crippen LogP contribution in [-0.2, 0) is 4.79 Å². The van der Waals surface area contributed by atoms with Crippen molar-refractivity contribution in [1.29, 1.82) is 0 Å². The maximum Gasteiger partial charge on any atom is 0.326 e. The van der Waals surface area contributed by atoms with Gasteiger partial charge in [0.1, 0.15) is 6.04 Å². The van der Waals surface area contributed by atoms with E-state index in [2.05, 4.69) is 10.6 Å². The second kappa shape index (κ2) is 7.31. The molecule has 128 valence electrons. The molecule has 0 radical (unpaired) electrons. The molecule has 0 bridgehead atoms. The molecule has 7 nitrogen and oxygen atoms in total. The molecule has 2 amide bonds. The number of hydrogen-bond acceptors (Lipinski definition) is 5. The second-order valence-corrected chi connectivity index (χ2v) is 6.64. The van der Waals surface area contributed by atoms with Gasteiger partial charge in [0.15, 0.2) is 5.76 Å². The highest BCUT2D eigenvalue weighted by atomic mass is 32.1. The van der Waals surface area contributed by atoms with E-state index in [4.69, 9.17) is 9.52 Å². The molecule has 3 N–H and O–H groups in total. The lowest BCUT2D eigenvalue weighted by atomic mass is 10.0. The molecule has 24 heavy (non-hydrogen) atoms. The first-order valence-corrected chi connectivity index (χ1v) is 8.10. The molecule has 0 aliphatic rings. The maximum atomic E-state index is 12.3. The first-order chi connectivity index (χ1) is 11.3. The fourth-order valence-corrected chi connectivity index (χ4v) is 3.04. The molecule has 0 aliphatic carbocycles. The Balaban J connectivity index is 2.11. The first-order valence-electron chi connectivity index (χ1n) is 7.28. The third kappa shape index (κ3) is 4.02. The molecule has 0 spiro atoms. The van der Waals surface area contributed by atoms with Crippen molar-refractivity contribution in [2.45, 2.75) is 26.8 Å². The number of carbonyl (C=O) groups is 3. The number of amides is 2. The molecule has 0 aliphatic heterocycles. The predicted molar refractivity (Wildman–Crippen MR) is 89.4 cm³/mol. The van der Waals surface area contributed by atoms with Crippen LogP contribution >= 0.6 is 11.3 Å². The van der Waals surface area contributed by atoms with Crippen molar-refractivity contribution >= 4 is 34.1 Å². The first kappa shape index (κ1) is 17.7. The number of carboxylic acid groups (broad SMARTS) is 1. The lowest BCUT2D eigenvalue weighted by Crippen LogP contribution is -2.44. The van der Waals surface area contributed by atoms with E-state index in [1.54, 1.807) is 32.9 Å². The Bertz CT molecular complexity index is 749. The summed E-state index contributed by atoms with van der Waals surface area (Å²) in [6.45, 7) is 5.16. The van der Waals surface area contributed by atoms with Crippen LogP contribution in [0.3, 0.4) is 0 Å². The molecule has 1 atom stereocenters. The molecule has 8 heteroatoms. The average molecular weight is 350 g/mol. The van der Waals surface area contributed by atoms with Crippen molar-refractivity contribution in [1.82, 2.24) is 5.32 Å². The summed E-state index contributed by atoms with van der Waals surface area (Å²) in [4.78, 5) is 35.8. The number of hydrogen-bond donors (Lipinski definition) is 3. The Morgan fingerprint density at radius 2 is 1.96 bits per heavy atom. The summed E-state index contributed by atoms with van der Waals surface area (Å²) in [5, 5.41) is 14.8. The Labute approximate surface area is 142 Å². The van der Waals surface area contributed by atoms with Gasteiger partial charge < -0.3 is 20.2 Å². The van der Waals surface area contributed by atoms with Gasteiger partial charge in [0.05, 0.1) is 16.1 Å². The summed E-state index contributed by atoms with van der Waals surface area (Å²) in [6, 6.07) is 3.82. The highest BCUT2D eigenvalue weighted by molar-refractivity contribution is 7.18. The van der Waals surface area contributed by atoms with Gasteiger partial charge in [-0.05, 0) is 36.6 Å². The normalized spacial score (nSPS) is 12.0. The number of carboxylic acids is 1. The van der Waals surface area contributed by atoms with Crippen molar-refractivity contribution in [3.05, 3.63) is 40.7 Å². The van der Waals surface area contributed by atoms with Crippen LogP contribution in [-0.4, -0.2) is 28.9 Å². The Hall–Kier alpha value is -2.61. The minimum absolute atomic E-state index is 0.165. The van der Waals surface area contributed by atoms with Gasteiger partial charge in [0, 0.05) is 0 Å². The quantitative estimate of drug-likeness (QED) is 0.742. The zero-order valence-electron chi connectivity index (χ0n) is 13.5. The Morgan fingerprint density at radius 1 is 1.25 bits per heavy atom. The van der Waals surface area contributed by atoms with Gasteiger partial charge >= 0.3 is 5.97 Å². The third-order valence-corrected chi connectivity index (χ3v) is 4.48. The van der Waals surface area contributed by atoms with E-state index < -0.39 is 23.8 Å². The molecular formula is C16H18N2O5S. The lowest BCUT2D eigenvalue weighted by molar-refractivity contribution is -0.140. The van der Waals surface area contributed by atoms with Crippen molar-refractivity contribution in [3.8, 4) is 0 Å². The van der Waals surface area contributed by atoms with E-state index in [0.29, 0.717) is 15.4 Å². The molecule has 0 aromatic carbocycles. The monoisotopic (exact) mass is 350 g/mol. The highest BCUT2D eigenvalue weighted by Crippen LogP contribution is 2.27. The van der Waals surface area contributed by atoms with E-state index in [1.807, 2.05) is 0 Å². The number of anilines is 1. The molecule has 0 unspecified atom stereocenters. The summed E-state index contributed by atoms with van der Waals surface area (Å²) in [5.74, 6) is -2.06. The van der Waals surface area contributed by atoms with Gasteiger partial charge in [-0.25, -0.2) is 4.79 Å². The third-order valence-electron chi connectivity index (χ3n) is 3.33. The van der Waals surface area contributed by atoms with Gasteiger partial charge in [-0.15, -0.1) is 11.3 Å².